The van der Waals surface area contributed by atoms with Gasteiger partial charge in [0, 0.05) is 11.1 Å². The molecule has 0 N–H and O–H groups in total. The van der Waals surface area contributed by atoms with Crippen LogP contribution >= 0.6 is 34.8 Å². The van der Waals surface area contributed by atoms with Crippen molar-refractivity contribution < 1.29 is 9.53 Å². The van der Waals surface area contributed by atoms with Gasteiger partial charge in [0.2, 0.25) is 0 Å². The first kappa shape index (κ1) is 17.7. The smallest absolute Gasteiger partial charge is 0.336 e. The van der Waals surface area contributed by atoms with Gasteiger partial charge >= 0.3 is 6.01 Å². The SMILES string of the molecule is CCOc1nc(-c2ccccc2Cl)n(C(=O)c2ccc(Cl)c(Cl)c2)n1. The standard InChI is InChI=1S/C17H12Cl3N3O2/c1-2-25-17-21-15(11-5-3-4-6-12(11)18)23(22-17)16(24)10-7-8-13(19)14(20)9-10/h3-9H,2H2,1H3. The normalized spacial score (nSPS) is 10.7. The Morgan fingerprint density at radius 2 is 1.84 bits per heavy atom. The van der Waals surface area contributed by atoms with E-state index in [1.165, 1.54) is 6.07 Å². The Hall–Kier alpha value is -2.08. The van der Waals surface area contributed by atoms with Crippen LogP contribution in [0.5, 0.6) is 6.01 Å². The van der Waals surface area contributed by atoms with E-state index in [2.05, 4.69) is 10.1 Å². The molecule has 3 rings (SSSR count). The number of halogens is 3. The predicted molar refractivity (Wildman–Crippen MR) is 97.8 cm³/mol. The largest absolute Gasteiger partial charge is 0.463 e. The van der Waals surface area contributed by atoms with Crippen LogP contribution in [0, 0.1) is 0 Å². The quantitative estimate of drug-likeness (QED) is 0.623. The zero-order valence-corrected chi connectivity index (χ0v) is 15.3. The van der Waals surface area contributed by atoms with E-state index in [0.29, 0.717) is 27.8 Å². The van der Waals surface area contributed by atoms with E-state index in [0.717, 1.165) is 4.68 Å². The Balaban J connectivity index is 2.12. The van der Waals surface area contributed by atoms with Crippen molar-refractivity contribution in [3.8, 4) is 17.4 Å². The summed E-state index contributed by atoms with van der Waals surface area (Å²) in [7, 11) is 0. The number of carbonyl (C=O) groups is 1. The first-order valence-electron chi connectivity index (χ1n) is 7.35. The molecule has 128 valence electrons. The second-order valence-electron chi connectivity index (χ2n) is 4.98. The number of hydrogen-bond acceptors (Lipinski definition) is 4. The van der Waals surface area contributed by atoms with Crippen LogP contribution < -0.4 is 4.74 Å². The van der Waals surface area contributed by atoms with Crippen molar-refractivity contribution >= 4 is 40.7 Å². The molecule has 5 nitrogen and oxygen atoms in total. The molecule has 1 aromatic heterocycles. The lowest BCUT2D eigenvalue weighted by atomic mass is 10.2. The number of rotatable bonds is 4. The molecule has 0 fully saturated rings. The van der Waals surface area contributed by atoms with E-state index in [1.54, 1.807) is 43.3 Å². The Labute approximate surface area is 159 Å². The van der Waals surface area contributed by atoms with Crippen molar-refractivity contribution in [3.05, 3.63) is 63.1 Å². The average molecular weight is 397 g/mol. The van der Waals surface area contributed by atoms with Gasteiger partial charge in [-0.25, -0.2) is 0 Å². The summed E-state index contributed by atoms with van der Waals surface area (Å²) in [6, 6.07) is 11.7. The van der Waals surface area contributed by atoms with Crippen molar-refractivity contribution in [2.45, 2.75) is 6.92 Å². The summed E-state index contributed by atoms with van der Waals surface area (Å²) in [5.41, 5.74) is 0.881. The average Bonchev–Trinajstić information content (AvgIpc) is 3.01. The topological polar surface area (TPSA) is 57.0 Å². The highest BCUT2D eigenvalue weighted by Crippen LogP contribution is 2.29. The molecule has 2 aromatic carbocycles. The summed E-state index contributed by atoms with van der Waals surface area (Å²) in [5, 5.41) is 5.22. The highest BCUT2D eigenvalue weighted by atomic mass is 35.5. The third kappa shape index (κ3) is 3.63. The Kier molecular flexibility index (Phi) is 5.27. The lowest BCUT2D eigenvalue weighted by molar-refractivity contribution is 0.0945. The number of ether oxygens (including phenoxy) is 1. The van der Waals surface area contributed by atoms with Crippen LogP contribution in [0.3, 0.4) is 0 Å². The van der Waals surface area contributed by atoms with Gasteiger partial charge in [-0.1, -0.05) is 46.9 Å². The highest BCUT2D eigenvalue weighted by Gasteiger charge is 2.21. The van der Waals surface area contributed by atoms with E-state index < -0.39 is 5.91 Å². The predicted octanol–water partition coefficient (Wildman–Crippen LogP) is 4.99. The lowest BCUT2D eigenvalue weighted by Gasteiger charge is -2.06. The third-order valence-electron chi connectivity index (χ3n) is 3.33. The summed E-state index contributed by atoms with van der Waals surface area (Å²) < 4.78 is 6.48. The van der Waals surface area contributed by atoms with Crippen LogP contribution in [0.2, 0.25) is 15.1 Å². The second kappa shape index (κ2) is 7.44. The Morgan fingerprint density at radius 1 is 1.08 bits per heavy atom. The zero-order chi connectivity index (χ0) is 18.0. The fourth-order valence-electron chi connectivity index (χ4n) is 2.19. The molecule has 0 atom stereocenters. The molecule has 0 saturated heterocycles. The molecule has 0 aliphatic heterocycles. The van der Waals surface area contributed by atoms with Crippen molar-refractivity contribution in [1.82, 2.24) is 14.8 Å². The van der Waals surface area contributed by atoms with Gasteiger partial charge < -0.3 is 4.74 Å². The van der Waals surface area contributed by atoms with Gasteiger partial charge in [0.05, 0.1) is 21.7 Å². The van der Waals surface area contributed by atoms with E-state index in [1.807, 2.05) is 0 Å². The van der Waals surface area contributed by atoms with E-state index in [4.69, 9.17) is 39.5 Å². The summed E-state index contributed by atoms with van der Waals surface area (Å²) >= 11 is 18.2. The molecule has 0 radical (unpaired) electrons. The van der Waals surface area contributed by atoms with Gasteiger partial charge in [0.15, 0.2) is 5.82 Å². The molecule has 0 amide bonds. The fraction of sp³-hybridized carbons (Fsp3) is 0.118. The maximum absolute atomic E-state index is 12.9. The molecule has 0 unspecified atom stereocenters. The molecule has 25 heavy (non-hydrogen) atoms. The van der Waals surface area contributed by atoms with Crippen molar-refractivity contribution in [2.24, 2.45) is 0 Å². The summed E-state index contributed by atoms with van der Waals surface area (Å²) in [6.45, 7) is 2.17. The van der Waals surface area contributed by atoms with E-state index in [9.17, 15) is 4.79 Å². The first-order chi connectivity index (χ1) is 12.0. The fourth-order valence-corrected chi connectivity index (χ4v) is 2.71. The molecular formula is C17H12Cl3N3O2. The molecule has 0 aliphatic carbocycles. The van der Waals surface area contributed by atoms with Crippen LogP contribution in [-0.2, 0) is 0 Å². The van der Waals surface area contributed by atoms with Gasteiger partial charge in [-0.15, -0.1) is 5.10 Å². The van der Waals surface area contributed by atoms with Gasteiger partial charge in [0.25, 0.3) is 5.91 Å². The third-order valence-corrected chi connectivity index (χ3v) is 4.40. The minimum Gasteiger partial charge on any atom is -0.463 e. The maximum atomic E-state index is 12.9. The molecule has 0 bridgehead atoms. The molecule has 8 heteroatoms. The molecule has 1 heterocycles. The number of benzene rings is 2. The van der Waals surface area contributed by atoms with Crippen molar-refractivity contribution in [2.75, 3.05) is 6.61 Å². The first-order valence-corrected chi connectivity index (χ1v) is 8.49. The zero-order valence-electron chi connectivity index (χ0n) is 13.0. The second-order valence-corrected chi connectivity index (χ2v) is 6.20. The number of aromatic nitrogens is 3. The van der Waals surface area contributed by atoms with Gasteiger partial charge in [-0.2, -0.15) is 9.67 Å². The maximum Gasteiger partial charge on any atom is 0.336 e. The minimum atomic E-state index is -0.424. The summed E-state index contributed by atoms with van der Waals surface area (Å²) in [4.78, 5) is 17.2. The van der Waals surface area contributed by atoms with Gasteiger partial charge in [-0.3, -0.25) is 4.79 Å². The monoisotopic (exact) mass is 395 g/mol. The lowest BCUT2D eigenvalue weighted by Crippen LogP contribution is -2.15. The summed E-state index contributed by atoms with van der Waals surface area (Å²) in [6.07, 6.45) is 0. The van der Waals surface area contributed by atoms with Crippen molar-refractivity contribution in [1.29, 1.82) is 0 Å². The minimum absolute atomic E-state index is 0.0887. The van der Waals surface area contributed by atoms with Crippen LogP contribution in [0.1, 0.15) is 17.3 Å². The molecular weight excluding hydrogens is 385 g/mol. The van der Waals surface area contributed by atoms with Crippen molar-refractivity contribution in [3.63, 3.8) is 0 Å². The molecule has 0 saturated carbocycles. The van der Waals surface area contributed by atoms with Crippen LogP contribution in [0.25, 0.3) is 11.4 Å². The van der Waals surface area contributed by atoms with E-state index >= 15 is 0 Å². The molecule has 0 aliphatic rings. The van der Waals surface area contributed by atoms with Crippen LogP contribution in [0.15, 0.2) is 42.5 Å². The Morgan fingerprint density at radius 3 is 2.52 bits per heavy atom. The number of nitrogens with zero attached hydrogens (tertiary/aromatic N) is 3. The van der Waals surface area contributed by atoms with Gasteiger partial charge in [0.1, 0.15) is 0 Å². The summed E-state index contributed by atoms with van der Waals surface area (Å²) in [5.74, 6) is -0.142. The van der Waals surface area contributed by atoms with Gasteiger partial charge in [-0.05, 0) is 37.3 Å². The van der Waals surface area contributed by atoms with Crippen LogP contribution in [0.4, 0.5) is 0 Å². The molecule has 3 aromatic rings. The van der Waals surface area contributed by atoms with E-state index in [-0.39, 0.29) is 16.9 Å². The number of hydrogen-bond donors (Lipinski definition) is 0. The Bertz CT molecular complexity index is 941. The number of carbonyl (C=O) groups excluding carboxylic acids is 1. The highest BCUT2D eigenvalue weighted by molar-refractivity contribution is 6.42. The molecule has 0 spiro atoms. The van der Waals surface area contributed by atoms with Crippen LogP contribution in [-0.4, -0.2) is 27.3 Å².